The van der Waals surface area contributed by atoms with Gasteiger partial charge in [0.25, 0.3) is 0 Å². The van der Waals surface area contributed by atoms with Crippen LogP contribution in [-0.4, -0.2) is 32.7 Å². The highest BCUT2D eigenvalue weighted by molar-refractivity contribution is 5.92. The van der Waals surface area contributed by atoms with Gasteiger partial charge in [-0.2, -0.15) is 18.2 Å². The van der Waals surface area contributed by atoms with Crippen LogP contribution in [0.5, 0.6) is 5.75 Å². The maximum absolute atomic E-state index is 12.6. The van der Waals surface area contributed by atoms with Crippen LogP contribution in [0.1, 0.15) is 11.6 Å². The average molecular weight is 443 g/mol. The molecule has 0 aliphatic carbocycles. The molecule has 0 saturated heterocycles. The van der Waals surface area contributed by atoms with Crippen molar-refractivity contribution in [1.82, 2.24) is 19.7 Å². The number of rotatable bonds is 6. The van der Waals surface area contributed by atoms with E-state index in [1.807, 2.05) is 0 Å². The van der Waals surface area contributed by atoms with Crippen molar-refractivity contribution in [1.29, 1.82) is 0 Å². The number of benzene rings is 2. The first kappa shape index (κ1) is 21.1. The van der Waals surface area contributed by atoms with Crippen molar-refractivity contribution >= 4 is 11.6 Å². The maximum Gasteiger partial charge on any atom is 0.471 e. The van der Waals surface area contributed by atoms with Crippen molar-refractivity contribution in [3.05, 3.63) is 72.6 Å². The minimum Gasteiger partial charge on any atom is -0.497 e. The molecule has 32 heavy (non-hydrogen) atoms. The summed E-state index contributed by atoms with van der Waals surface area (Å²) in [5.74, 6) is -1.17. The lowest BCUT2D eigenvalue weighted by atomic mass is 10.2. The van der Waals surface area contributed by atoms with E-state index in [-0.39, 0.29) is 18.2 Å². The van der Waals surface area contributed by atoms with Gasteiger partial charge in [-0.3, -0.25) is 4.79 Å². The van der Waals surface area contributed by atoms with Crippen LogP contribution in [0.15, 0.2) is 65.6 Å². The summed E-state index contributed by atoms with van der Waals surface area (Å²) in [5.41, 5.74) is 2.22. The molecular formula is C21H16F3N5O3. The summed E-state index contributed by atoms with van der Waals surface area (Å²) in [4.78, 5) is 19.9. The minimum absolute atomic E-state index is 0.0609. The summed E-state index contributed by atoms with van der Waals surface area (Å²) in [6.07, 6.45) is -1.40. The molecule has 1 amide bonds. The van der Waals surface area contributed by atoms with Gasteiger partial charge in [0.15, 0.2) is 0 Å². The monoisotopic (exact) mass is 443 g/mol. The van der Waals surface area contributed by atoms with Gasteiger partial charge in [0, 0.05) is 29.2 Å². The van der Waals surface area contributed by atoms with E-state index in [2.05, 4.69) is 25.0 Å². The van der Waals surface area contributed by atoms with Crippen LogP contribution in [0.2, 0.25) is 0 Å². The summed E-state index contributed by atoms with van der Waals surface area (Å²) >= 11 is 0. The van der Waals surface area contributed by atoms with Gasteiger partial charge < -0.3 is 19.1 Å². The Morgan fingerprint density at radius 1 is 1.19 bits per heavy atom. The van der Waals surface area contributed by atoms with E-state index in [9.17, 15) is 18.0 Å². The van der Waals surface area contributed by atoms with E-state index >= 15 is 0 Å². The van der Waals surface area contributed by atoms with Crippen molar-refractivity contribution in [2.24, 2.45) is 0 Å². The van der Waals surface area contributed by atoms with Gasteiger partial charge in [-0.1, -0.05) is 11.2 Å². The average Bonchev–Trinajstić information content (AvgIpc) is 3.44. The van der Waals surface area contributed by atoms with Gasteiger partial charge in [-0.15, -0.1) is 0 Å². The molecule has 0 aliphatic heterocycles. The van der Waals surface area contributed by atoms with Crippen LogP contribution in [0.3, 0.4) is 0 Å². The molecule has 4 rings (SSSR count). The zero-order valence-electron chi connectivity index (χ0n) is 16.6. The Labute approximate surface area is 179 Å². The van der Waals surface area contributed by atoms with E-state index in [1.165, 1.54) is 0 Å². The minimum atomic E-state index is -4.70. The normalized spacial score (nSPS) is 11.4. The molecule has 0 atom stereocenters. The second-order valence-corrected chi connectivity index (χ2v) is 6.70. The van der Waals surface area contributed by atoms with Gasteiger partial charge in [0.05, 0.1) is 25.6 Å². The van der Waals surface area contributed by atoms with E-state index in [1.54, 1.807) is 72.7 Å². The third kappa shape index (κ3) is 4.77. The summed E-state index contributed by atoms with van der Waals surface area (Å²) in [7, 11) is 1.54. The largest absolute Gasteiger partial charge is 0.497 e. The highest BCUT2D eigenvalue weighted by Gasteiger charge is 2.38. The maximum atomic E-state index is 12.6. The fraction of sp³-hybridized carbons (Fsp3) is 0.143. The number of ether oxygens (including phenoxy) is 1. The van der Waals surface area contributed by atoms with Gasteiger partial charge in [-0.25, -0.2) is 4.98 Å². The predicted octanol–water partition coefficient (Wildman–Crippen LogP) is 4.13. The van der Waals surface area contributed by atoms with E-state index in [4.69, 9.17) is 4.74 Å². The number of alkyl halides is 3. The van der Waals surface area contributed by atoms with Crippen molar-refractivity contribution in [2.75, 3.05) is 12.4 Å². The summed E-state index contributed by atoms with van der Waals surface area (Å²) in [6, 6.07) is 13.5. The quantitative estimate of drug-likeness (QED) is 0.482. The molecule has 0 aliphatic rings. The van der Waals surface area contributed by atoms with Crippen molar-refractivity contribution in [3.8, 4) is 22.8 Å². The molecule has 1 N–H and O–H groups in total. The topological polar surface area (TPSA) is 95.1 Å². The number of hydrogen-bond acceptors (Lipinski definition) is 6. The molecule has 2 aromatic carbocycles. The fourth-order valence-electron chi connectivity index (χ4n) is 2.91. The van der Waals surface area contributed by atoms with Gasteiger partial charge in [-0.05, 0) is 36.4 Å². The first-order chi connectivity index (χ1) is 15.3. The summed E-state index contributed by atoms with van der Waals surface area (Å²) in [6.45, 7) is 0. The number of carbonyl (C=O) groups excluding carboxylic acids is 1. The molecular weight excluding hydrogens is 427 g/mol. The Morgan fingerprint density at radius 3 is 2.66 bits per heavy atom. The van der Waals surface area contributed by atoms with Crippen LogP contribution in [-0.2, 0) is 17.4 Å². The van der Waals surface area contributed by atoms with Gasteiger partial charge >= 0.3 is 12.1 Å². The molecule has 0 radical (unpaired) electrons. The first-order valence-corrected chi connectivity index (χ1v) is 9.30. The molecule has 8 nitrogen and oxygen atoms in total. The van der Waals surface area contributed by atoms with Crippen molar-refractivity contribution in [2.45, 2.75) is 12.6 Å². The third-order valence-electron chi connectivity index (χ3n) is 4.42. The van der Waals surface area contributed by atoms with Crippen LogP contribution in [0.4, 0.5) is 18.9 Å². The summed E-state index contributed by atoms with van der Waals surface area (Å²) in [5, 5.41) is 6.14. The lowest BCUT2D eigenvalue weighted by Crippen LogP contribution is -2.14. The third-order valence-corrected chi connectivity index (χ3v) is 4.42. The Balaban J connectivity index is 1.42. The number of amides is 1. The number of halogens is 3. The molecule has 4 aromatic rings. The zero-order valence-corrected chi connectivity index (χ0v) is 16.6. The fourth-order valence-corrected chi connectivity index (χ4v) is 2.91. The molecule has 164 valence electrons. The standard InChI is InChI=1S/C21H16F3N5O3/c1-31-17-4-2-3-14(9-17)26-18(30)10-15-11-29(12-25-15)16-7-5-13(6-8-16)19-27-20(32-28-19)21(22,23)24/h2-9,11-12H,10H2,1H3,(H,26,30). The molecule has 0 saturated carbocycles. The molecule has 2 heterocycles. The predicted molar refractivity (Wildman–Crippen MR) is 107 cm³/mol. The molecule has 0 unspecified atom stereocenters. The molecule has 11 heteroatoms. The molecule has 2 aromatic heterocycles. The highest BCUT2D eigenvalue weighted by atomic mass is 19.4. The Kier molecular flexibility index (Phi) is 5.63. The van der Waals surface area contributed by atoms with Crippen LogP contribution >= 0.6 is 0 Å². The second kappa shape index (κ2) is 8.53. The number of imidazole rings is 1. The number of methoxy groups -OCH3 is 1. The van der Waals surface area contributed by atoms with E-state index in [0.29, 0.717) is 28.4 Å². The molecule has 0 spiro atoms. The lowest BCUT2D eigenvalue weighted by Gasteiger charge is -2.06. The summed E-state index contributed by atoms with van der Waals surface area (Å²) < 4.78 is 48.9. The number of anilines is 1. The zero-order chi connectivity index (χ0) is 22.7. The molecule has 0 bridgehead atoms. The smallest absolute Gasteiger partial charge is 0.471 e. The SMILES string of the molecule is COc1cccc(NC(=O)Cc2cn(-c3ccc(-c4noc(C(F)(F)F)n4)cc3)cn2)c1. The number of aromatic nitrogens is 4. The van der Waals surface area contributed by atoms with Crippen LogP contribution < -0.4 is 10.1 Å². The number of carbonyl (C=O) groups is 1. The van der Waals surface area contributed by atoms with Gasteiger partial charge in [0.1, 0.15) is 5.75 Å². The van der Waals surface area contributed by atoms with Crippen LogP contribution in [0, 0.1) is 0 Å². The Bertz CT molecular complexity index is 1230. The molecule has 0 fully saturated rings. The number of nitrogens with zero attached hydrogens (tertiary/aromatic N) is 4. The number of hydrogen-bond donors (Lipinski definition) is 1. The van der Waals surface area contributed by atoms with Gasteiger partial charge in [0.2, 0.25) is 11.7 Å². The lowest BCUT2D eigenvalue weighted by molar-refractivity contribution is -0.159. The van der Waals surface area contributed by atoms with E-state index < -0.39 is 12.1 Å². The van der Waals surface area contributed by atoms with E-state index in [0.717, 1.165) is 0 Å². The Morgan fingerprint density at radius 2 is 1.97 bits per heavy atom. The number of nitrogens with one attached hydrogen (secondary N) is 1. The highest BCUT2D eigenvalue weighted by Crippen LogP contribution is 2.29. The van der Waals surface area contributed by atoms with Crippen LogP contribution in [0.25, 0.3) is 17.1 Å². The van der Waals surface area contributed by atoms with Crippen molar-refractivity contribution in [3.63, 3.8) is 0 Å². The second-order valence-electron chi connectivity index (χ2n) is 6.70. The van der Waals surface area contributed by atoms with Crippen molar-refractivity contribution < 1.29 is 27.2 Å². The Hall–Kier alpha value is -4.15. The first-order valence-electron chi connectivity index (χ1n) is 9.30.